The molecule has 2 fully saturated rings. The van der Waals surface area contributed by atoms with Gasteiger partial charge in [0.15, 0.2) is 0 Å². The molecule has 2 atom stereocenters. The summed E-state index contributed by atoms with van der Waals surface area (Å²) in [6.45, 7) is 6.65. The van der Waals surface area contributed by atoms with Gasteiger partial charge in [-0.25, -0.2) is 22.9 Å². The minimum absolute atomic E-state index is 0.0977. The molecule has 2 aromatic rings. The lowest BCUT2D eigenvalue weighted by atomic mass is 9.96. The number of hydrogen-bond donors (Lipinski definition) is 3. The lowest BCUT2D eigenvalue weighted by Crippen LogP contribution is -2.51. The molecule has 2 aliphatic rings. The topological polar surface area (TPSA) is 162 Å². The van der Waals surface area contributed by atoms with E-state index in [9.17, 15) is 32.7 Å². The molecule has 2 heterocycles. The van der Waals surface area contributed by atoms with E-state index in [1.54, 1.807) is 75.4 Å². The standard InChI is InChI=1S/C32H42N4O8S/c1-32(2,3)44-31(41)36(29(38)24-15-17-33-18-16-24)25-13-11-22(12-14-25)20-26(30(39)40)34-28(37)27-10-7-19-35(27)45(42,43)21-23-8-5-4-6-9-23/h4-6,8-9,11-14,24,26-27,33H,7,10,15-21H2,1-3H3,(H,34,37)(H,39,40)/t26-,27-/m0/s1. The number of carboxylic acids is 1. The molecule has 13 heteroatoms. The van der Waals surface area contributed by atoms with Crippen LogP contribution in [0.4, 0.5) is 10.5 Å². The normalized spacial score (nSPS) is 18.6. The molecular formula is C32H42N4O8S. The van der Waals surface area contributed by atoms with Crippen LogP contribution in [0, 0.1) is 5.92 Å². The summed E-state index contributed by atoms with van der Waals surface area (Å²) in [7, 11) is -3.82. The van der Waals surface area contributed by atoms with E-state index in [0.29, 0.717) is 43.5 Å². The van der Waals surface area contributed by atoms with Gasteiger partial charge in [-0.15, -0.1) is 0 Å². The first-order valence-electron chi connectivity index (χ1n) is 15.2. The molecule has 2 aliphatic heterocycles. The highest BCUT2D eigenvalue weighted by atomic mass is 32.2. The number of carboxylic acid groups (broad SMARTS) is 1. The summed E-state index contributed by atoms with van der Waals surface area (Å²) >= 11 is 0. The number of rotatable bonds is 10. The summed E-state index contributed by atoms with van der Waals surface area (Å²) < 4.78 is 33.0. The molecule has 2 saturated heterocycles. The monoisotopic (exact) mass is 642 g/mol. The summed E-state index contributed by atoms with van der Waals surface area (Å²) in [5, 5.41) is 15.7. The third kappa shape index (κ3) is 9.12. The number of nitrogens with one attached hydrogen (secondary N) is 2. The van der Waals surface area contributed by atoms with Crippen molar-refractivity contribution in [2.75, 3.05) is 24.5 Å². The second-order valence-corrected chi connectivity index (χ2v) is 14.4. The van der Waals surface area contributed by atoms with E-state index in [1.165, 1.54) is 0 Å². The van der Waals surface area contributed by atoms with Crippen LogP contribution in [-0.2, 0) is 41.3 Å². The minimum Gasteiger partial charge on any atom is -0.480 e. The van der Waals surface area contributed by atoms with Crippen molar-refractivity contribution in [3.8, 4) is 0 Å². The number of carbonyl (C=O) groups excluding carboxylic acids is 3. The second kappa shape index (κ2) is 14.5. The van der Waals surface area contributed by atoms with Crippen LogP contribution in [0.25, 0.3) is 0 Å². The average molecular weight is 643 g/mol. The molecule has 2 aromatic carbocycles. The van der Waals surface area contributed by atoms with Gasteiger partial charge in [-0.05, 0) is 82.8 Å². The van der Waals surface area contributed by atoms with E-state index < -0.39 is 45.7 Å². The predicted molar refractivity (Wildman–Crippen MR) is 168 cm³/mol. The van der Waals surface area contributed by atoms with Crippen LogP contribution in [0.2, 0.25) is 0 Å². The zero-order valence-corrected chi connectivity index (χ0v) is 26.7. The Morgan fingerprint density at radius 2 is 1.64 bits per heavy atom. The molecule has 12 nitrogen and oxygen atoms in total. The van der Waals surface area contributed by atoms with Gasteiger partial charge < -0.3 is 20.5 Å². The van der Waals surface area contributed by atoms with Crippen molar-refractivity contribution in [2.45, 2.75) is 76.3 Å². The zero-order chi connectivity index (χ0) is 32.8. The summed E-state index contributed by atoms with van der Waals surface area (Å²) in [6.07, 6.45) is 1.05. The van der Waals surface area contributed by atoms with Crippen LogP contribution in [0.15, 0.2) is 54.6 Å². The van der Waals surface area contributed by atoms with Gasteiger partial charge in [0.2, 0.25) is 21.8 Å². The number of piperidine rings is 1. The van der Waals surface area contributed by atoms with E-state index in [-0.39, 0.29) is 42.7 Å². The van der Waals surface area contributed by atoms with E-state index in [0.717, 1.165) is 9.21 Å². The number of anilines is 1. The SMILES string of the molecule is CC(C)(C)OC(=O)N(C(=O)C1CCNCC1)c1ccc(C[C@H](NC(=O)[C@@H]2CCCN2S(=O)(=O)Cc2ccccc2)C(=O)O)cc1. The van der Waals surface area contributed by atoms with Gasteiger partial charge in [-0.3, -0.25) is 9.59 Å². The molecule has 45 heavy (non-hydrogen) atoms. The molecule has 0 saturated carbocycles. The van der Waals surface area contributed by atoms with Crippen LogP contribution in [0.3, 0.4) is 0 Å². The Balaban J connectivity index is 1.46. The molecule has 0 aromatic heterocycles. The van der Waals surface area contributed by atoms with E-state index in [2.05, 4.69) is 10.6 Å². The number of ether oxygens (including phenoxy) is 1. The maximum absolute atomic E-state index is 13.4. The molecular weight excluding hydrogens is 600 g/mol. The Morgan fingerprint density at radius 3 is 2.24 bits per heavy atom. The third-order valence-corrected chi connectivity index (χ3v) is 9.64. The van der Waals surface area contributed by atoms with Crippen molar-refractivity contribution < 1.29 is 37.4 Å². The maximum atomic E-state index is 13.4. The average Bonchev–Trinajstić information content (AvgIpc) is 3.49. The molecule has 0 spiro atoms. The van der Waals surface area contributed by atoms with Gasteiger partial charge in [0.25, 0.3) is 0 Å². The van der Waals surface area contributed by atoms with Crippen molar-refractivity contribution in [1.29, 1.82) is 0 Å². The highest BCUT2D eigenvalue weighted by Crippen LogP contribution is 2.26. The molecule has 0 aliphatic carbocycles. The number of hydrogen-bond acceptors (Lipinski definition) is 8. The van der Waals surface area contributed by atoms with Gasteiger partial charge in [0.1, 0.15) is 17.7 Å². The highest BCUT2D eigenvalue weighted by Gasteiger charge is 2.40. The fourth-order valence-electron chi connectivity index (χ4n) is 5.57. The van der Waals surface area contributed by atoms with Crippen LogP contribution in [0.1, 0.15) is 57.6 Å². The third-order valence-electron chi connectivity index (χ3n) is 7.79. The molecule has 0 radical (unpaired) electrons. The number of nitrogens with zero attached hydrogens (tertiary/aromatic N) is 2. The number of amides is 3. The molecule has 3 N–H and O–H groups in total. The molecule has 0 unspecified atom stereocenters. The molecule has 0 bridgehead atoms. The Labute approximate surface area is 264 Å². The molecule has 4 rings (SSSR count). The Morgan fingerprint density at radius 1 is 1.00 bits per heavy atom. The van der Waals surface area contributed by atoms with E-state index >= 15 is 0 Å². The van der Waals surface area contributed by atoms with Crippen LogP contribution in [0.5, 0.6) is 0 Å². The van der Waals surface area contributed by atoms with Crippen LogP contribution >= 0.6 is 0 Å². The molecule has 244 valence electrons. The summed E-state index contributed by atoms with van der Waals surface area (Å²) in [6, 6.07) is 12.6. The smallest absolute Gasteiger partial charge is 0.421 e. The number of benzene rings is 2. The van der Waals surface area contributed by atoms with Gasteiger partial charge in [0, 0.05) is 18.9 Å². The Hall–Kier alpha value is -3.81. The Bertz CT molecular complexity index is 1470. The number of aliphatic carboxylic acids is 1. The van der Waals surface area contributed by atoms with Crippen molar-refractivity contribution in [3.63, 3.8) is 0 Å². The van der Waals surface area contributed by atoms with Crippen molar-refractivity contribution >= 4 is 39.6 Å². The fraction of sp³-hybridized carbons (Fsp3) is 0.500. The quantitative estimate of drug-likeness (QED) is 0.354. The largest absolute Gasteiger partial charge is 0.480 e. The first kappa shape index (κ1) is 34.1. The van der Waals surface area contributed by atoms with Crippen molar-refractivity contribution in [2.24, 2.45) is 5.92 Å². The van der Waals surface area contributed by atoms with Gasteiger partial charge in [-0.1, -0.05) is 42.5 Å². The second-order valence-electron chi connectivity index (χ2n) is 12.5. The minimum atomic E-state index is -3.82. The van der Waals surface area contributed by atoms with E-state index in [4.69, 9.17) is 4.74 Å². The highest BCUT2D eigenvalue weighted by molar-refractivity contribution is 7.88. The summed E-state index contributed by atoms with van der Waals surface area (Å²) in [5.74, 6) is -2.92. The van der Waals surface area contributed by atoms with Gasteiger partial charge >= 0.3 is 12.1 Å². The van der Waals surface area contributed by atoms with Crippen LogP contribution in [-0.4, -0.2) is 79.0 Å². The number of sulfonamides is 1. The number of carbonyl (C=O) groups is 4. The first-order valence-corrected chi connectivity index (χ1v) is 16.8. The summed E-state index contributed by atoms with van der Waals surface area (Å²) in [4.78, 5) is 53.0. The number of imide groups is 1. The first-order chi connectivity index (χ1) is 21.2. The van der Waals surface area contributed by atoms with Crippen LogP contribution < -0.4 is 15.5 Å². The van der Waals surface area contributed by atoms with E-state index in [1.807, 2.05) is 0 Å². The zero-order valence-electron chi connectivity index (χ0n) is 25.9. The lowest BCUT2D eigenvalue weighted by Gasteiger charge is -2.30. The maximum Gasteiger partial charge on any atom is 0.421 e. The van der Waals surface area contributed by atoms with Gasteiger partial charge in [-0.2, -0.15) is 4.31 Å². The predicted octanol–water partition coefficient (Wildman–Crippen LogP) is 3.06. The summed E-state index contributed by atoms with van der Waals surface area (Å²) in [5.41, 5.74) is 0.590. The van der Waals surface area contributed by atoms with Gasteiger partial charge in [0.05, 0.1) is 11.4 Å². The fourth-order valence-corrected chi connectivity index (χ4v) is 7.34. The van der Waals surface area contributed by atoms with Crippen molar-refractivity contribution in [1.82, 2.24) is 14.9 Å². The lowest BCUT2D eigenvalue weighted by molar-refractivity contribution is -0.142. The van der Waals surface area contributed by atoms with Crippen molar-refractivity contribution in [3.05, 3.63) is 65.7 Å². The molecule has 3 amide bonds. The Kier molecular flexibility index (Phi) is 11.0.